The average Bonchev–Trinajstić information content (AvgIpc) is 3.11. The molecule has 5 heteroatoms. The van der Waals surface area contributed by atoms with Gasteiger partial charge in [-0.05, 0) is 45.5 Å². The van der Waals surface area contributed by atoms with E-state index in [-0.39, 0.29) is 0 Å². The van der Waals surface area contributed by atoms with Gasteiger partial charge in [-0.25, -0.2) is 0 Å². The summed E-state index contributed by atoms with van der Waals surface area (Å²) in [5.74, 6) is 1.27. The third-order valence-corrected chi connectivity index (χ3v) is 3.86. The molecule has 1 aromatic carbocycles. The van der Waals surface area contributed by atoms with Crippen molar-refractivity contribution in [1.82, 2.24) is 20.4 Å². The third kappa shape index (κ3) is 3.68. The van der Waals surface area contributed by atoms with Crippen molar-refractivity contribution in [2.75, 3.05) is 20.1 Å². The van der Waals surface area contributed by atoms with Crippen LogP contribution in [-0.2, 0) is 6.54 Å². The van der Waals surface area contributed by atoms with Gasteiger partial charge >= 0.3 is 0 Å². The van der Waals surface area contributed by atoms with E-state index in [1.54, 1.807) is 0 Å². The van der Waals surface area contributed by atoms with Gasteiger partial charge in [0.05, 0.1) is 6.54 Å². The van der Waals surface area contributed by atoms with Crippen molar-refractivity contribution in [3.8, 4) is 11.5 Å². The van der Waals surface area contributed by atoms with Crippen molar-refractivity contribution in [3.63, 3.8) is 0 Å². The van der Waals surface area contributed by atoms with Gasteiger partial charge in [0, 0.05) is 18.2 Å². The fourth-order valence-electron chi connectivity index (χ4n) is 2.71. The van der Waals surface area contributed by atoms with Crippen LogP contribution >= 0.6 is 0 Å². The van der Waals surface area contributed by atoms with Crippen LogP contribution in [0.3, 0.4) is 0 Å². The third-order valence-electron chi connectivity index (χ3n) is 3.86. The first-order valence-corrected chi connectivity index (χ1v) is 7.52. The molecule has 1 N–H and O–H groups in total. The van der Waals surface area contributed by atoms with E-state index < -0.39 is 0 Å². The molecule has 0 aliphatic carbocycles. The Morgan fingerprint density at radius 1 is 1.29 bits per heavy atom. The smallest absolute Gasteiger partial charge is 0.247 e. The monoisotopic (exact) mass is 286 g/mol. The Balaban J connectivity index is 1.60. The highest BCUT2D eigenvalue weighted by Crippen LogP contribution is 2.18. The van der Waals surface area contributed by atoms with Gasteiger partial charge in [0.25, 0.3) is 0 Å². The first kappa shape index (κ1) is 14.2. The zero-order chi connectivity index (χ0) is 14.7. The number of hydrogen-bond acceptors (Lipinski definition) is 5. The minimum atomic E-state index is 0.592. The summed E-state index contributed by atoms with van der Waals surface area (Å²) in [4.78, 5) is 2.23. The van der Waals surface area contributed by atoms with Gasteiger partial charge in [0.2, 0.25) is 11.8 Å². The van der Waals surface area contributed by atoms with Crippen LogP contribution in [0.2, 0.25) is 0 Å². The van der Waals surface area contributed by atoms with Crippen LogP contribution in [-0.4, -0.2) is 41.3 Å². The number of rotatable bonds is 5. The maximum absolute atomic E-state index is 5.76. The molecule has 1 aliphatic heterocycles. The minimum Gasteiger partial charge on any atom is -0.419 e. The molecule has 2 aromatic rings. The summed E-state index contributed by atoms with van der Waals surface area (Å²) in [6.07, 6.45) is 2.53. The quantitative estimate of drug-likeness (QED) is 0.913. The highest BCUT2D eigenvalue weighted by Gasteiger charge is 2.17. The van der Waals surface area contributed by atoms with E-state index in [1.807, 2.05) is 12.1 Å². The molecule has 1 unspecified atom stereocenters. The molecule has 1 atom stereocenters. The normalized spacial score (nSPS) is 18.5. The maximum atomic E-state index is 5.76. The lowest BCUT2D eigenvalue weighted by atomic mass is 10.1. The second kappa shape index (κ2) is 6.37. The fourth-order valence-corrected chi connectivity index (χ4v) is 2.71. The predicted octanol–water partition coefficient (Wildman–Crippen LogP) is 2.23. The fraction of sp³-hybridized carbons (Fsp3) is 0.500. The van der Waals surface area contributed by atoms with Gasteiger partial charge in [-0.1, -0.05) is 17.7 Å². The lowest BCUT2D eigenvalue weighted by molar-refractivity contribution is 0.265. The van der Waals surface area contributed by atoms with Crippen molar-refractivity contribution < 1.29 is 4.42 Å². The number of aryl methyl sites for hydroxylation is 1. The van der Waals surface area contributed by atoms with Gasteiger partial charge < -0.3 is 9.73 Å². The Bertz CT molecular complexity index is 572. The molecular weight excluding hydrogens is 264 g/mol. The van der Waals surface area contributed by atoms with Gasteiger partial charge in [0.15, 0.2) is 0 Å². The molecule has 1 aliphatic rings. The van der Waals surface area contributed by atoms with Gasteiger partial charge in [-0.15, -0.1) is 10.2 Å². The Morgan fingerprint density at radius 3 is 2.81 bits per heavy atom. The molecule has 0 bridgehead atoms. The summed E-state index contributed by atoms with van der Waals surface area (Å²) in [6, 6.07) is 8.72. The van der Waals surface area contributed by atoms with Crippen LogP contribution in [0.15, 0.2) is 28.7 Å². The Kier molecular flexibility index (Phi) is 4.31. The van der Waals surface area contributed by atoms with Crippen LogP contribution < -0.4 is 5.32 Å². The minimum absolute atomic E-state index is 0.592. The van der Waals surface area contributed by atoms with Crippen LogP contribution in [0.4, 0.5) is 0 Å². The van der Waals surface area contributed by atoms with Crippen LogP contribution in [0.25, 0.3) is 11.5 Å². The van der Waals surface area contributed by atoms with Crippen molar-refractivity contribution in [1.29, 1.82) is 0 Å². The number of nitrogens with zero attached hydrogens (tertiary/aromatic N) is 3. The average molecular weight is 286 g/mol. The standard InChI is InChI=1S/C16H22N4O/c1-12-5-7-13(8-6-12)16-19-18-15(21-16)11-20(2)10-14-4-3-9-17-14/h5-8,14,17H,3-4,9-11H2,1-2H3. The SMILES string of the molecule is Cc1ccc(-c2nnc(CN(C)CC3CCCN3)o2)cc1. The molecule has 0 amide bonds. The number of aromatic nitrogens is 2. The number of likely N-dealkylation sites (N-methyl/N-ethyl adjacent to an activating group) is 1. The largest absolute Gasteiger partial charge is 0.419 e. The molecule has 1 saturated heterocycles. The Hall–Kier alpha value is -1.72. The Morgan fingerprint density at radius 2 is 2.10 bits per heavy atom. The summed E-state index contributed by atoms with van der Waals surface area (Å²) in [5.41, 5.74) is 2.20. The molecule has 21 heavy (non-hydrogen) atoms. The topological polar surface area (TPSA) is 54.2 Å². The van der Waals surface area contributed by atoms with Crippen molar-refractivity contribution >= 4 is 0 Å². The molecule has 1 aromatic heterocycles. The summed E-state index contributed by atoms with van der Waals surface area (Å²) in [7, 11) is 2.09. The molecule has 112 valence electrons. The molecule has 0 spiro atoms. The highest BCUT2D eigenvalue weighted by atomic mass is 16.4. The Labute approximate surface area is 125 Å². The molecular formula is C16H22N4O. The first-order valence-electron chi connectivity index (χ1n) is 7.52. The molecule has 3 rings (SSSR count). The van der Waals surface area contributed by atoms with Crippen LogP contribution in [0.5, 0.6) is 0 Å². The zero-order valence-corrected chi connectivity index (χ0v) is 12.7. The summed E-state index contributed by atoms with van der Waals surface area (Å²) < 4.78 is 5.76. The van der Waals surface area contributed by atoms with E-state index >= 15 is 0 Å². The number of hydrogen-bond donors (Lipinski definition) is 1. The first-order chi connectivity index (χ1) is 10.2. The van der Waals surface area contributed by atoms with Gasteiger partial charge in [-0.3, -0.25) is 4.90 Å². The molecule has 5 nitrogen and oxygen atoms in total. The molecule has 0 saturated carbocycles. The second-order valence-corrected chi connectivity index (χ2v) is 5.86. The molecule has 2 heterocycles. The van der Waals surface area contributed by atoms with Crippen molar-refractivity contribution in [2.24, 2.45) is 0 Å². The number of benzene rings is 1. The van der Waals surface area contributed by atoms with E-state index in [4.69, 9.17) is 4.42 Å². The van der Waals surface area contributed by atoms with Crippen molar-refractivity contribution in [3.05, 3.63) is 35.7 Å². The summed E-state index contributed by atoms with van der Waals surface area (Å²) in [6.45, 7) is 4.91. The van der Waals surface area contributed by atoms with Gasteiger partial charge in [-0.2, -0.15) is 0 Å². The zero-order valence-electron chi connectivity index (χ0n) is 12.7. The predicted molar refractivity (Wildman–Crippen MR) is 81.8 cm³/mol. The lowest BCUT2D eigenvalue weighted by Gasteiger charge is -2.19. The van der Waals surface area contributed by atoms with Crippen LogP contribution in [0.1, 0.15) is 24.3 Å². The van der Waals surface area contributed by atoms with E-state index in [0.29, 0.717) is 24.4 Å². The van der Waals surface area contributed by atoms with Gasteiger partial charge in [0.1, 0.15) is 0 Å². The molecule has 0 radical (unpaired) electrons. The lowest BCUT2D eigenvalue weighted by Crippen LogP contribution is -2.35. The van der Waals surface area contributed by atoms with E-state index in [1.165, 1.54) is 18.4 Å². The van der Waals surface area contributed by atoms with Crippen LogP contribution in [0, 0.1) is 6.92 Å². The van der Waals surface area contributed by atoms with Crippen molar-refractivity contribution in [2.45, 2.75) is 32.4 Å². The van der Waals surface area contributed by atoms with E-state index in [2.05, 4.69) is 46.5 Å². The summed E-state index contributed by atoms with van der Waals surface area (Å²) >= 11 is 0. The number of nitrogens with one attached hydrogen (secondary N) is 1. The maximum Gasteiger partial charge on any atom is 0.247 e. The summed E-state index contributed by atoms with van der Waals surface area (Å²) in [5, 5.41) is 11.8. The van der Waals surface area contributed by atoms with E-state index in [0.717, 1.165) is 18.7 Å². The van der Waals surface area contributed by atoms with E-state index in [9.17, 15) is 0 Å². The highest BCUT2D eigenvalue weighted by molar-refractivity contribution is 5.52. The molecule has 1 fully saturated rings. The second-order valence-electron chi connectivity index (χ2n) is 5.86.